The first-order valence-corrected chi connectivity index (χ1v) is 9.75. The van der Waals surface area contributed by atoms with Crippen LogP contribution in [0.25, 0.3) is 31.7 Å². The summed E-state index contributed by atoms with van der Waals surface area (Å²) in [5, 5.41) is 8.73. The van der Waals surface area contributed by atoms with Gasteiger partial charge < -0.3 is 10.6 Å². The van der Waals surface area contributed by atoms with Crippen LogP contribution in [0.5, 0.6) is 0 Å². The zero-order valence-corrected chi connectivity index (χ0v) is 15.4. The van der Waals surface area contributed by atoms with E-state index in [1.54, 1.807) is 23.7 Å². The standard InChI is InChI=1S/C19H16ClN5S/c20-13-2-1-3-14-15(13)16-17(26-14)19(23-12-6-9-22-10-12)25-18(24-16)11-4-7-21-8-5-11/h1-5,7-8,12,22H,6,9-10H2,(H,23,24,25)/t12-/m1/s1. The fourth-order valence-electron chi connectivity index (χ4n) is 3.34. The van der Waals surface area contributed by atoms with Crippen molar-refractivity contribution < 1.29 is 0 Å². The number of halogens is 1. The third-order valence-corrected chi connectivity index (χ3v) is 6.10. The van der Waals surface area contributed by atoms with Crippen LogP contribution in [-0.4, -0.2) is 34.1 Å². The van der Waals surface area contributed by atoms with Crippen molar-refractivity contribution in [2.24, 2.45) is 0 Å². The van der Waals surface area contributed by atoms with E-state index in [9.17, 15) is 0 Å². The highest BCUT2D eigenvalue weighted by molar-refractivity contribution is 7.26. The normalized spacial score (nSPS) is 17.2. The van der Waals surface area contributed by atoms with E-state index in [-0.39, 0.29) is 0 Å². The number of pyridine rings is 1. The molecule has 1 saturated heterocycles. The van der Waals surface area contributed by atoms with Gasteiger partial charge in [0.15, 0.2) is 5.82 Å². The average Bonchev–Trinajstić information content (AvgIpc) is 3.30. The third kappa shape index (κ3) is 2.70. The molecule has 0 bridgehead atoms. The first kappa shape index (κ1) is 15.9. The molecule has 0 amide bonds. The zero-order chi connectivity index (χ0) is 17.5. The maximum Gasteiger partial charge on any atom is 0.162 e. The van der Waals surface area contributed by atoms with E-state index in [0.717, 1.165) is 56.2 Å². The van der Waals surface area contributed by atoms with E-state index in [2.05, 4.69) is 21.7 Å². The number of nitrogens with one attached hydrogen (secondary N) is 2. The van der Waals surface area contributed by atoms with E-state index in [4.69, 9.17) is 21.6 Å². The van der Waals surface area contributed by atoms with E-state index in [1.165, 1.54) is 0 Å². The number of hydrogen-bond acceptors (Lipinski definition) is 6. The lowest BCUT2D eigenvalue weighted by molar-refractivity contribution is 0.789. The molecule has 2 N–H and O–H groups in total. The second-order valence-electron chi connectivity index (χ2n) is 6.36. The molecular formula is C19H16ClN5S. The second kappa shape index (κ2) is 6.46. The van der Waals surface area contributed by atoms with Gasteiger partial charge in [0.1, 0.15) is 5.82 Å². The predicted molar refractivity (Wildman–Crippen MR) is 108 cm³/mol. The first-order chi connectivity index (χ1) is 12.8. The Morgan fingerprint density at radius 2 is 2.04 bits per heavy atom. The first-order valence-electron chi connectivity index (χ1n) is 8.56. The molecule has 1 aromatic carbocycles. The highest BCUT2D eigenvalue weighted by Crippen LogP contribution is 2.40. The van der Waals surface area contributed by atoms with Gasteiger partial charge in [-0.05, 0) is 37.2 Å². The van der Waals surface area contributed by atoms with Crippen LogP contribution in [0.15, 0.2) is 42.7 Å². The Hall–Kier alpha value is -2.28. The number of fused-ring (bicyclic) bond motifs is 3. The van der Waals surface area contributed by atoms with Crippen molar-refractivity contribution >= 4 is 49.1 Å². The Balaban J connectivity index is 1.77. The SMILES string of the molecule is Clc1cccc2sc3c(N[C@@H]4CCNC4)nc(-c4ccncc4)nc3c12. The number of hydrogen-bond donors (Lipinski definition) is 2. The number of benzene rings is 1. The van der Waals surface area contributed by atoms with Gasteiger partial charge in [-0.2, -0.15) is 0 Å². The van der Waals surface area contributed by atoms with Crippen molar-refractivity contribution in [3.63, 3.8) is 0 Å². The molecule has 5 rings (SSSR count). The molecule has 5 nitrogen and oxygen atoms in total. The molecule has 4 aromatic rings. The van der Waals surface area contributed by atoms with Crippen LogP contribution < -0.4 is 10.6 Å². The molecule has 0 aliphatic carbocycles. The molecular weight excluding hydrogens is 366 g/mol. The zero-order valence-electron chi connectivity index (χ0n) is 13.9. The van der Waals surface area contributed by atoms with Crippen LogP contribution in [0.1, 0.15) is 6.42 Å². The van der Waals surface area contributed by atoms with E-state index in [1.807, 2.05) is 24.3 Å². The highest BCUT2D eigenvalue weighted by Gasteiger charge is 2.20. The molecule has 1 fully saturated rings. The molecule has 1 aliphatic rings. The van der Waals surface area contributed by atoms with Gasteiger partial charge >= 0.3 is 0 Å². The summed E-state index contributed by atoms with van der Waals surface area (Å²) in [6.45, 7) is 1.98. The molecule has 130 valence electrons. The lowest BCUT2D eigenvalue weighted by Crippen LogP contribution is -2.22. The summed E-state index contributed by atoms with van der Waals surface area (Å²) in [6, 6.07) is 10.2. The summed E-state index contributed by atoms with van der Waals surface area (Å²) >= 11 is 8.19. The van der Waals surface area contributed by atoms with Crippen LogP contribution in [0, 0.1) is 0 Å². The van der Waals surface area contributed by atoms with Crippen LogP contribution in [0.3, 0.4) is 0 Å². The van der Waals surface area contributed by atoms with Gasteiger partial charge in [-0.25, -0.2) is 9.97 Å². The van der Waals surface area contributed by atoms with Crippen LogP contribution in [0.4, 0.5) is 5.82 Å². The number of thiophene rings is 1. The van der Waals surface area contributed by atoms with Gasteiger partial charge in [-0.1, -0.05) is 17.7 Å². The molecule has 0 spiro atoms. The summed E-state index contributed by atoms with van der Waals surface area (Å²) in [5.41, 5.74) is 1.85. The summed E-state index contributed by atoms with van der Waals surface area (Å²) in [4.78, 5) is 13.8. The molecule has 4 heterocycles. The smallest absolute Gasteiger partial charge is 0.162 e. The van der Waals surface area contributed by atoms with E-state index >= 15 is 0 Å². The monoisotopic (exact) mass is 381 g/mol. The Kier molecular flexibility index (Phi) is 3.96. The molecule has 0 unspecified atom stereocenters. The fourth-order valence-corrected chi connectivity index (χ4v) is 4.79. The molecule has 1 aliphatic heterocycles. The fraction of sp³-hybridized carbons (Fsp3) is 0.211. The van der Waals surface area contributed by atoms with Gasteiger partial charge in [-0.15, -0.1) is 11.3 Å². The largest absolute Gasteiger partial charge is 0.365 e. The van der Waals surface area contributed by atoms with Crippen LogP contribution in [0.2, 0.25) is 5.02 Å². The van der Waals surface area contributed by atoms with Gasteiger partial charge in [0.2, 0.25) is 0 Å². The van der Waals surface area contributed by atoms with Crippen molar-refractivity contribution in [1.82, 2.24) is 20.3 Å². The Morgan fingerprint density at radius 3 is 2.85 bits per heavy atom. The quantitative estimate of drug-likeness (QED) is 0.553. The third-order valence-electron chi connectivity index (χ3n) is 4.63. The van der Waals surface area contributed by atoms with Gasteiger partial charge in [0.25, 0.3) is 0 Å². The molecule has 1 atom stereocenters. The summed E-state index contributed by atoms with van der Waals surface area (Å²) in [5.74, 6) is 1.57. The maximum atomic E-state index is 6.50. The maximum absolute atomic E-state index is 6.50. The molecule has 0 radical (unpaired) electrons. The van der Waals surface area contributed by atoms with E-state index in [0.29, 0.717) is 11.9 Å². The van der Waals surface area contributed by atoms with Crippen LogP contribution in [-0.2, 0) is 0 Å². The van der Waals surface area contributed by atoms with Gasteiger partial charge in [-0.3, -0.25) is 4.98 Å². The Bertz CT molecular complexity index is 1090. The minimum Gasteiger partial charge on any atom is -0.365 e. The lowest BCUT2D eigenvalue weighted by atomic mass is 10.2. The van der Waals surface area contributed by atoms with Crippen molar-refractivity contribution in [1.29, 1.82) is 0 Å². The molecule has 7 heteroatoms. The number of anilines is 1. The minimum absolute atomic E-state index is 0.374. The van der Waals surface area contributed by atoms with Gasteiger partial charge in [0, 0.05) is 40.6 Å². The van der Waals surface area contributed by atoms with Gasteiger partial charge in [0.05, 0.1) is 15.2 Å². The molecule has 3 aromatic heterocycles. The Labute approximate surface area is 159 Å². The highest BCUT2D eigenvalue weighted by atomic mass is 35.5. The number of rotatable bonds is 3. The summed E-state index contributed by atoms with van der Waals surface area (Å²) in [7, 11) is 0. The molecule has 0 saturated carbocycles. The minimum atomic E-state index is 0.374. The predicted octanol–water partition coefficient (Wildman–Crippen LogP) is 4.33. The van der Waals surface area contributed by atoms with Crippen molar-refractivity contribution in [3.8, 4) is 11.4 Å². The van der Waals surface area contributed by atoms with Crippen molar-refractivity contribution in [2.75, 3.05) is 18.4 Å². The van der Waals surface area contributed by atoms with Crippen LogP contribution >= 0.6 is 22.9 Å². The Morgan fingerprint density at radius 1 is 1.15 bits per heavy atom. The second-order valence-corrected chi connectivity index (χ2v) is 7.82. The van der Waals surface area contributed by atoms with Crippen molar-refractivity contribution in [3.05, 3.63) is 47.7 Å². The molecule has 26 heavy (non-hydrogen) atoms. The average molecular weight is 382 g/mol. The number of nitrogens with zero attached hydrogens (tertiary/aromatic N) is 3. The topological polar surface area (TPSA) is 62.7 Å². The lowest BCUT2D eigenvalue weighted by Gasteiger charge is -2.13. The number of aromatic nitrogens is 3. The van der Waals surface area contributed by atoms with E-state index < -0.39 is 0 Å². The van der Waals surface area contributed by atoms with Crippen molar-refractivity contribution in [2.45, 2.75) is 12.5 Å². The summed E-state index contributed by atoms with van der Waals surface area (Å²) < 4.78 is 2.18. The summed E-state index contributed by atoms with van der Waals surface area (Å²) in [6.07, 6.45) is 4.60.